The highest BCUT2D eigenvalue weighted by Gasteiger charge is 2.11. The highest BCUT2D eigenvalue weighted by atomic mass is 15.1. The first-order valence-electron chi connectivity index (χ1n) is 7.07. The molecule has 106 valence electrons. The normalized spacial score (nSPS) is 10.9. The van der Waals surface area contributed by atoms with E-state index in [0.717, 1.165) is 33.5 Å². The second kappa shape index (κ2) is 5.00. The quantitative estimate of drug-likeness (QED) is 0.550. The lowest BCUT2D eigenvalue weighted by molar-refractivity contribution is 1.10. The van der Waals surface area contributed by atoms with E-state index in [1.807, 2.05) is 48.7 Å². The van der Waals surface area contributed by atoms with Crippen LogP contribution in [0.1, 0.15) is 0 Å². The highest BCUT2D eigenvalue weighted by Crippen LogP contribution is 2.31. The van der Waals surface area contributed by atoms with Crippen LogP contribution in [0.5, 0.6) is 0 Å². The number of hydrogen-bond acceptors (Lipinski definition) is 3. The van der Waals surface area contributed by atoms with Crippen LogP contribution in [0, 0.1) is 0 Å². The molecule has 0 saturated carbocycles. The van der Waals surface area contributed by atoms with Gasteiger partial charge in [0.25, 0.3) is 0 Å². The number of nitrogens with zero attached hydrogens (tertiary/aromatic N) is 2. The fourth-order valence-corrected chi connectivity index (χ4v) is 2.63. The summed E-state index contributed by atoms with van der Waals surface area (Å²) in [6, 6.07) is 20.0. The molecule has 3 N–H and O–H groups in total. The molecular weight excluding hydrogens is 272 g/mol. The van der Waals surface area contributed by atoms with E-state index in [-0.39, 0.29) is 0 Å². The van der Waals surface area contributed by atoms with Crippen LogP contribution in [0.2, 0.25) is 0 Å². The molecule has 4 rings (SSSR count). The Morgan fingerprint density at radius 2 is 1.64 bits per heavy atom. The molecule has 4 heteroatoms. The van der Waals surface area contributed by atoms with E-state index in [1.165, 1.54) is 0 Å². The molecule has 0 saturated heterocycles. The summed E-state index contributed by atoms with van der Waals surface area (Å²) < 4.78 is 0. The van der Waals surface area contributed by atoms with Crippen molar-refractivity contribution in [1.29, 1.82) is 0 Å². The van der Waals surface area contributed by atoms with Gasteiger partial charge in [-0.3, -0.25) is 5.10 Å². The number of aromatic nitrogens is 3. The average Bonchev–Trinajstić information content (AvgIpc) is 2.99. The lowest BCUT2D eigenvalue weighted by atomic mass is 10.0. The Bertz CT molecular complexity index is 942. The van der Waals surface area contributed by atoms with Crippen LogP contribution in [0.4, 0.5) is 5.69 Å². The molecule has 0 fully saturated rings. The summed E-state index contributed by atoms with van der Waals surface area (Å²) in [6.07, 6.45) is 1.81. The van der Waals surface area contributed by atoms with Crippen molar-refractivity contribution in [3.05, 3.63) is 66.9 Å². The minimum Gasteiger partial charge on any atom is -0.398 e. The lowest BCUT2D eigenvalue weighted by Gasteiger charge is -2.05. The number of hydrogen-bond donors (Lipinski definition) is 2. The second-order valence-electron chi connectivity index (χ2n) is 5.15. The zero-order valence-corrected chi connectivity index (χ0v) is 11.8. The molecule has 0 aliphatic carbocycles. The molecule has 0 aliphatic heterocycles. The van der Waals surface area contributed by atoms with Crippen LogP contribution in [0.3, 0.4) is 0 Å². The van der Waals surface area contributed by atoms with Gasteiger partial charge in [0.15, 0.2) is 5.65 Å². The number of fused-ring (bicyclic) bond motifs is 1. The molecule has 4 nitrogen and oxygen atoms in total. The van der Waals surface area contributed by atoms with Gasteiger partial charge in [0, 0.05) is 34.0 Å². The smallest absolute Gasteiger partial charge is 0.181 e. The van der Waals surface area contributed by atoms with Crippen molar-refractivity contribution in [3.8, 4) is 22.4 Å². The maximum atomic E-state index is 6.07. The number of aromatic amines is 1. The van der Waals surface area contributed by atoms with Gasteiger partial charge in [0.2, 0.25) is 0 Å². The number of rotatable bonds is 2. The van der Waals surface area contributed by atoms with Gasteiger partial charge in [-0.25, -0.2) is 4.98 Å². The van der Waals surface area contributed by atoms with Crippen molar-refractivity contribution < 1.29 is 0 Å². The van der Waals surface area contributed by atoms with E-state index in [2.05, 4.69) is 33.4 Å². The van der Waals surface area contributed by atoms with Crippen molar-refractivity contribution in [2.75, 3.05) is 5.73 Å². The number of nitrogens with one attached hydrogen (secondary N) is 1. The maximum Gasteiger partial charge on any atom is 0.181 e. The highest BCUT2D eigenvalue weighted by molar-refractivity contribution is 5.94. The van der Waals surface area contributed by atoms with Gasteiger partial charge >= 0.3 is 0 Å². The van der Waals surface area contributed by atoms with Crippen LogP contribution in [-0.4, -0.2) is 15.2 Å². The van der Waals surface area contributed by atoms with Crippen LogP contribution in [0.15, 0.2) is 66.9 Å². The van der Waals surface area contributed by atoms with Crippen LogP contribution in [-0.2, 0) is 0 Å². The Kier molecular flexibility index (Phi) is 2.86. The summed E-state index contributed by atoms with van der Waals surface area (Å²) in [5, 5.41) is 8.36. The molecule has 0 aliphatic rings. The molecule has 0 amide bonds. The molecule has 4 aromatic rings. The average molecular weight is 286 g/mol. The van der Waals surface area contributed by atoms with Crippen molar-refractivity contribution >= 4 is 16.7 Å². The summed E-state index contributed by atoms with van der Waals surface area (Å²) in [5.74, 6) is 0. The van der Waals surface area contributed by atoms with Gasteiger partial charge in [-0.2, -0.15) is 5.10 Å². The fourth-order valence-electron chi connectivity index (χ4n) is 2.63. The summed E-state index contributed by atoms with van der Waals surface area (Å²) in [5.41, 5.74) is 11.6. The Balaban J connectivity index is 1.92. The Labute approximate surface area is 127 Å². The maximum absolute atomic E-state index is 6.07. The minimum atomic E-state index is 0.706. The van der Waals surface area contributed by atoms with Crippen LogP contribution < -0.4 is 5.73 Å². The van der Waals surface area contributed by atoms with E-state index in [1.54, 1.807) is 0 Å². The van der Waals surface area contributed by atoms with Gasteiger partial charge in [0.1, 0.15) is 0 Å². The summed E-state index contributed by atoms with van der Waals surface area (Å²) in [6.45, 7) is 0. The standard InChI is InChI=1S/C18H14N4/c19-16-9-5-4-8-14(16)13-10-15-17(12-6-2-1-3-7-12)21-22-18(15)20-11-13/h1-11H,19H2,(H,20,21,22). The molecular formula is C18H14N4. The molecule has 0 bridgehead atoms. The number of H-pyrrole nitrogens is 1. The topological polar surface area (TPSA) is 67.6 Å². The summed E-state index contributed by atoms with van der Waals surface area (Å²) in [7, 11) is 0. The zero-order chi connectivity index (χ0) is 14.9. The van der Waals surface area contributed by atoms with E-state index in [0.29, 0.717) is 5.65 Å². The van der Waals surface area contributed by atoms with Gasteiger partial charge in [-0.15, -0.1) is 0 Å². The van der Waals surface area contributed by atoms with Crippen LogP contribution >= 0.6 is 0 Å². The number of nitrogen functional groups attached to an aromatic ring is 1. The lowest BCUT2D eigenvalue weighted by Crippen LogP contribution is -1.90. The zero-order valence-electron chi connectivity index (χ0n) is 11.8. The Morgan fingerprint density at radius 3 is 2.45 bits per heavy atom. The monoisotopic (exact) mass is 286 g/mol. The van der Waals surface area contributed by atoms with Crippen molar-refractivity contribution in [2.24, 2.45) is 0 Å². The van der Waals surface area contributed by atoms with Crippen molar-refractivity contribution in [1.82, 2.24) is 15.2 Å². The number of nitrogens with two attached hydrogens (primary N) is 1. The predicted octanol–water partition coefficient (Wildman–Crippen LogP) is 3.87. The number of benzene rings is 2. The second-order valence-corrected chi connectivity index (χ2v) is 5.15. The Hall–Kier alpha value is -3.14. The molecule has 2 aromatic heterocycles. The SMILES string of the molecule is Nc1ccccc1-c1cnc2n[nH]c(-c3ccccc3)c2c1. The molecule has 0 unspecified atom stereocenters. The van der Waals surface area contributed by atoms with Crippen LogP contribution in [0.25, 0.3) is 33.4 Å². The fraction of sp³-hybridized carbons (Fsp3) is 0. The predicted molar refractivity (Wildman–Crippen MR) is 89.2 cm³/mol. The minimum absolute atomic E-state index is 0.706. The largest absolute Gasteiger partial charge is 0.398 e. The molecule has 22 heavy (non-hydrogen) atoms. The van der Waals surface area contributed by atoms with Gasteiger partial charge < -0.3 is 5.73 Å². The van der Waals surface area contributed by atoms with E-state index in [9.17, 15) is 0 Å². The molecule has 0 radical (unpaired) electrons. The molecule has 0 spiro atoms. The number of pyridine rings is 1. The summed E-state index contributed by atoms with van der Waals surface area (Å²) in [4.78, 5) is 4.45. The third kappa shape index (κ3) is 2.02. The first-order chi connectivity index (χ1) is 10.8. The van der Waals surface area contributed by atoms with Gasteiger partial charge in [0.05, 0.1) is 5.69 Å². The molecule has 2 heterocycles. The van der Waals surface area contributed by atoms with Crippen molar-refractivity contribution in [2.45, 2.75) is 0 Å². The summed E-state index contributed by atoms with van der Waals surface area (Å²) >= 11 is 0. The van der Waals surface area contributed by atoms with Crippen molar-refractivity contribution in [3.63, 3.8) is 0 Å². The Morgan fingerprint density at radius 1 is 0.864 bits per heavy atom. The van der Waals surface area contributed by atoms with E-state index >= 15 is 0 Å². The number of para-hydroxylation sites is 1. The van der Waals surface area contributed by atoms with E-state index < -0.39 is 0 Å². The number of anilines is 1. The first-order valence-corrected chi connectivity index (χ1v) is 7.07. The van der Waals surface area contributed by atoms with E-state index in [4.69, 9.17) is 5.73 Å². The van der Waals surface area contributed by atoms with Gasteiger partial charge in [-0.1, -0.05) is 48.5 Å². The third-order valence-electron chi connectivity index (χ3n) is 3.74. The molecule has 2 aromatic carbocycles. The third-order valence-corrected chi connectivity index (χ3v) is 3.74. The first kappa shape index (κ1) is 12.6. The molecule has 0 atom stereocenters. The van der Waals surface area contributed by atoms with Gasteiger partial charge in [-0.05, 0) is 12.1 Å².